The van der Waals surface area contributed by atoms with Gasteiger partial charge in [0, 0.05) is 5.92 Å². The van der Waals surface area contributed by atoms with Crippen LogP contribution in [0.2, 0.25) is 0 Å². The van der Waals surface area contributed by atoms with E-state index in [2.05, 4.69) is 4.74 Å². The highest BCUT2D eigenvalue weighted by Crippen LogP contribution is 2.34. The van der Waals surface area contributed by atoms with Gasteiger partial charge in [-0.1, -0.05) is 36.2 Å². The van der Waals surface area contributed by atoms with Crippen molar-refractivity contribution in [1.29, 1.82) is 0 Å². The summed E-state index contributed by atoms with van der Waals surface area (Å²) in [7, 11) is 0. The van der Waals surface area contributed by atoms with E-state index in [9.17, 15) is 22.8 Å². The van der Waals surface area contributed by atoms with Crippen molar-refractivity contribution in [3.05, 3.63) is 59.2 Å². The lowest BCUT2D eigenvalue weighted by Gasteiger charge is -2.16. The summed E-state index contributed by atoms with van der Waals surface area (Å²) in [4.78, 5) is 26.6. The number of ether oxygens (including phenoxy) is 1. The molecule has 1 heterocycles. The zero-order valence-electron chi connectivity index (χ0n) is 15.7. The maximum atomic E-state index is 12.9. The Morgan fingerprint density at radius 3 is 2.07 bits per heavy atom. The summed E-state index contributed by atoms with van der Waals surface area (Å²) >= 11 is 0. The Labute approximate surface area is 160 Å². The van der Waals surface area contributed by atoms with E-state index in [1.165, 1.54) is 12.1 Å². The summed E-state index contributed by atoms with van der Waals surface area (Å²) in [6.07, 6.45) is -4.37. The fourth-order valence-corrected chi connectivity index (χ4v) is 3.62. The topological polar surface area (TPSA) is 46.6 Å². The highest BCUT2D eigenvalue weighted by atomic mass is 19.4. The predicted molar refractivity (Wildman–Crippen MR) is 97.9 cm³/mol. The maximum Gasteiger partial charge on any atom is 0.573 e. The second-order valence-corrected chi connectivity index (χ2v) is 7.15. The molecule has 4 nitrogen and oxygen atoms in total. The third kappa shape index (κ3) is 4.18. The number of hydrogen-bond donors (Lipinski definition) is 0. The molecule has 1 aliphatic rings. The van der Waals surface area contributed by atoms with E-state index in [-0.39, 0.29) is 17.5 Å². The lowest BCUT2D eigenvalue weighted by Crippen LogP contribution is -2.31. The number of anilines is 1. The van der Waals surface area contributed by atoms with Gasteiger partial charge >= 0.3 is 6.36 Å². The largest absolute Gasteiger partial charge is 0.573 e. The highest BCUT2D eigenvalue weighted by molar-refractivity contribution is 6.22. The number of nitrogens with zero attached hydrogens (tertiary/aromatic N) is 1. The summed E-state index contributed by atoms with van der Waals surface area (Å²) < 4.78 is 40.7. The number of carbonyl (C=O) groups is 2. The number of alkyl halides is 3. The number of benzene rings is 2. The van der Waals surface area contributed by atoms with Crippen LogP contribution < -0.4 is 9.64 Å². The van der Waals surface area contributed by atoms with Gasteiger partial charge in [-0.25, -0.2) is 0 Å². The Kier molecular flexibility index (Phi) is 5.19. The van der Waals surface area contributed by atoms with Gasteiger partial charge in [0.05, 0.1) is 11.6 Å². The molecule has 2 aromatic rings. The van der Waals surface area contributed by atoms with E-state index < -0.39 is 23.9 Å². The average Bonchev–Trinajstić information content (AvgIpc) is 2.77. The minimum Gasteiger partial charge on any atom is -0.406 e. The van der Waals surface area contributed by atoms with Crippen molar-refractivity contribution in [2.24, 2.45) is 11.8 Å². The molecule has 0 bridgehead atoms. The average molecular weight is 391 g/mol. The summed E-state index contributed by atoms with van der Waals surface area (Å²) in [5.41, 5.74) is 3.37. The number of carbonyl (C=O) groups excluding carboxylic acids is 2. The van der Waals surface area contributed by atoms with Crippen molar-refractivity contribution in [3.8, 4) is 5.75 Å². The molecule has 28 heavy (non-hydrogen) atoms. The molecule has 3 rings (SSSR count). The number of rotatable bonds is 4. The van der Waals surface area contributed by atoms with Gasteiger partial charge in [0.25, 0.3) is 0 Å². The molecule has 1 fully saturated rings. The molecule has 0 N–H and O–H groups in total. The van der Waals surface area contributed by atoms with E-state index in [1.54, 1.807) is 6.92 Å². The van der Waals surface area contributed by atoms with Crippen LogP contribution in [0.25, 0.3) is 0 Å². The first kappa shape index (κ1) is 19.9. The molecule has 1 saturated heterocycles. The van der Waals surface area contributed by atoms with Gasteiger partial charge in [-0.15, -0.1) is 13.2 Å². The van der Waals surface area contributed by atoms with Crippen molar-refractivity contribution in [2.45, 2.75) is 33.6 Å². The van der Waals surface area contributed by atoms with Gasteiger partial charge in [-0.3, -0.25) is 14.5 Å². The number of aryl methyl sites for hydroxylation is 2. The van der Waals surface area contributed by atoms with Crippen molar-refractivity contribution >= 4 is 17.5 Å². The van der Waals surface area contributed by atoms with Crippen LogP contribution in [0, 0.1) is 25.7 Å². The molecule has 0 aromatic heterocycles. The van der Waals surface area contributed by atoms with Crippen LogP contribution in [-0.2, 0) is 16.0 Å². The van der Waals surface area contributed by atoms with Crippen molar-refractivity contribution in [3.63, 3.8) is 0 Å². The van der Waals surface area contributed by atoms with Gasteiger partial charge in [0.1, 0.15) is 5.75 Å². The Bertz CT molecular complexity index is 886. The van der Waals surface area contributed by atoms with Crippen LogP contribution in [0.4, 0.5) is 18.9 Å². The maximum absolute atomic E-state index is 12.9. The normalized spacial score (nSPS) is 20.0. The molecular formula is C21H20F3NO3. The summed E-state index contributed by atoms with van der Waals surface area (Å²) in [6, 6.07) is 10.8. The molecule has 0 aliphatic carbocycles. The second-order valence-electron chi connectivity index (χ2n) is 7.15. The zero-order chi connectivity index (χ0) is 20.6. The van der Waals surface area contributed by atoms with E-state index in [0.717, 1.165) is 33.7 Å². The highest BCUT2D eigenvalue weighted by Gasteiger charge is 2.45. The molecule has 148 valence electrons. The molecule has 7 heteroatoms. The number of halogens is 3. The van der Waals surface area contributed by atoms with Gasteiger partial charge in [-0.2, -0.15) is 0 Å². The Morgan fingerprint density at radius 2 is 1.54 bits per heavy atom. The first-order chi connectivity index (χ1) is 13.0. The van der Waals surface area contributed by atoms with E-state index in [0.29, 0.717) is 6.42 Å². The lowest BCUT2D eigenvalue weighted by atomic mass is 9.89. The SMILES string of the molecule is Cc1cc(C)cc(CC2C(=O)N(c3ccc(OC(F)(F)F)cc3)C(=O)C2C)c1. The molecule has 0 saturated carbocycles. The summed E-state index contributed by atoms with van der Waals surface area (Å²) in [6.45, 7) is 5.64. The van der Waals surface area contributed by atoms with Crippen molar-refractivity contribution in [1.82, 2.24) is 0 Å². The quantitative estimate of drug-likeness (QED) is 0.718. The van der Waals surface area contributed by atoms with E-state index >= 15 is 0 Å². The van der Waals surface area contributed by atoms with Crippen molar-refractivity contribution in [2.75, 3.05) is 4.90 Å². The third-order valence-corrected chi connectivity index (χ3v) is 4.82. The molecule has 2 unspecified atom stereocenters. The monoisotopic (exact) mass is 391 g/mol. The fraction of sp³-hybridized carbons (Fsp3) is 0.333. The molecular weight excluding hydrogens is 371 g/mol. The smallest absolute Gasteiger partial charge is 0.406 e. The molecule has 1 aliphatic heterocycles. The number of hydrogen-bond acceptors (Lipinski definition) is 3. The molecule has 0 radical (unpaired) electrons. The standard InChI is InChI=1S/C21H20F3NO3/c1-12-8-13(2)10-15(9-12)11-18-14(3)19(26)25(20(18)27)16-4-6-17(7-5-16)28-21(22,23)24/h4-10,14,18H,11H2,1-3H3. The van der Waals surface area contributed by atoms with Crippen molar-refractivity contribution < 1.29 is 27.5 Å². The minimum absolute atomic E-state index is 0.235. The lowest BCUT2D eigenvalue weighted by molar-refractivity contribution is -0.274. The van der Waals surface area contributed by atoms with Gasteiger partial charge < -0.3 is 4.74 Å². The van der Waals surface area contributed by atoms with Gasteiger partial charge in [0.2, 0.25) is 11.8 Å². The van der Waals surface area contributed by atoms with E-state index in [4.69, 9.17) is 0 Å². The van der Waals surface area contributed by atoms with Gasteiger partial charge in [0.15, 0.2) is 0 Å². The molecule has 2 amide bonds. The minimum atomic E-state index is -4.80. The molecule has 2 aromatic carbocycles. The predicted octanol–water partition coefficient (Wildman–Crippen LogP) is 4.57. The fourth-order valence-electron chi connectivity index (χ4n) is 3.62. The molecule has 0 spiro atoms. The first-order valence-corrected chi connectivity index (χ1v) is 8.86. The van der Waals surface area contributed by atoms with E-state index in [1.807, 2.05) is 32.0 Å². The van der Waals surface area contributed by atoms with Crippen LogP contribution in [-0.4, -0.2) is 18.2 Å². The van der Waals surface area contributed by atoms with Crippen LogP contribution in [0.3, 0.4) is 0 Å². The number of imide groups is 1. The molecule has 2 atom stereocenters. The van der Waals surface area contributed by atoms with Gasteiger partial charge in [-0.05, 0) is 50.1 Å². The Morgan fingerprint density at radius 1 is 0.964 bits per heavy atom. The van der Waals surface area contributed by atoms with Crippen LogP contribution >= 0.6 is 0 Å². The third-order valence-electron chi connectivity index (χ3n) is 4.82. The Balaban J connectivity index is 1.82. The Hall–Kier alpha value is -2.83. The van der Waals surface area contributed by atoms with Crippen LogP contribution in [0.15, 0.2) is 42.5 Å². The van der Waals surface area contributed by atoms with Crippen LogP contribution in [0.5, 0.6) is 5.75 Å². The van der Waals surface area contributed by atoms with Crippen LogP contribution in [0.1, 0.15) is 23.6 Å². The zero-order valence-corrected chi connectivity index (χ0v) is 15.7. The second kappa shape index (κ2) is 7.30. The summed E-state index contributed by atoms with van der Waals surface area (Å²) in [5, 5.41) is 0. The number of amides is 2. The first-order valence-electron chi connectivity index (χ1n) is 8.86. The summed E-state index contributed by atoms with van der Waals surface area (Å²) in [5.74, 6) is -2.14.